The van der Waals surface area contributed by atoms with Crippen molar-refractivity contribution in [1.82, 2.24) is 10.3 Å². The molecule has 1 aliphatic heterocycles. The van der Waals surface area contributed by atoms with Crippen LogP contribution in [-0.4, -0.2) is 31.2 Å². The van der Waals surface area contributed by atoms with Crippen LogP contribution >= 0.6 is 0 Å². The highest BCUT2D eigenvalue weighted by Gasteiger charge is 2.19. The average molecular weight is 233 g/mol. The molecular formula is C14H23N3. The number of aromatic nitrogens is 1. The predicted octanol–water partition coefficient (Wildman–Crippen LogP) is 2.39. The summed E-state index contributed by atoms with van der Waals surface area (Å²) >= 11 is 0. The van der Waals surface area contributed by atoms with E-state index in [9.17, 15) is 0 Å². The second-order valence-electron chi connectivity index (χ2n) is 5.15. The first-order valence-corrected chi connectivity index (χ1v) is 6.60. The summed E-state index contributed by atoms with van der Waals surface area (Å²) in [7, 11) is 2.05. The second kappa shape index (κ2) is 5.50. The van der Waals surface area contributed by atoms with Gasteiger partial charge in [0, 0.05) is 24.8 Å². The molecule has 0 bridgehead atoms. The molecule has 0 spiro atoms. The smallest absolute Gasteiger partial charge is 0.128 e. The summed E-state index contributed by atoms with van der Waals surface area (Å²) in [6.45, 7) is 6.59. The molecule has 1 aromatic rings. The van der Waals surface area contributed by atoms with Gasteiger partial charge in [0.25, 0.3) is 0 Å². The van der Waals surface area contributed by atoms with Crippen molar-refractivity contribution in [2.24, 2.45) is 0 Å². The van der Waals surface area contributed by atoms with Crippen LogP contribution in [0.3, 0.4) is 0 Å². The molecule has 0 saturated carbocycles. The zero-order valence-electron chi connectivity index (χ0n) is 11.1. The lowest BCUT2D eigenvalue weighted by molar-refractivity contribution is 0.447. The summed E-state index contributed by atoms with van der Waals surface area (Å²) in [4.78, 5) is 7.16. The van der Waals surface area contributed by atoms with Gasteiger partial charge in [-0.2, -0.15) is 0 Å². The molecule has 1 aliphatic rings. The van der Waals surface area contributed by atoms with E-state index in [1.807, 2.05) is 7.05 Å². The highest BCUT2D eigenvalue weighted by atomic mass is 15.2. The number of piperidine rings is 1. The number of likely N-dealkylation sites (N-methyl/N-ethyl adjacent to an activating group) is 1. The summed E-state index contributed by atoms with van der Waals surface area (Å²) in [6.07, 6.45) is 2.52. The fourth-order valence-electron chi connectivity index (χ4n) is 2.36. The molecule has 0 aliphatic carbocycles. The molecule has 0 amide bonds. The van der Waals surface area contributed by atoms with Crippen molar-refractivity contribution in [2.45, 2.75) is 38.6 Å². The van der Waals surface area contributed by atoms with Gasteiger partial charge < -0.3 is 10.2 Å². The molecular weight excluding hydrogens is 210 g/mol. The van der Waals surface area contributed by atoms with Crippen molar-refractivity contribution >= 4 is 5.82 Å². The number of anilines is 1. The molecule has 1 saturated heterocycles. The molecule has 0 radical (unpaired) electrons. The van der Waals surface area contributed by atoms with Crippen LogP contribution in [0, 0.1) is 0 Å². The van der Waals surface area contributed by atoms with Crippen LogP contribution in [0.15, 0.2) is 18.2 Å². The topological polar surface area (TPSA) is 28.2 Å². The highest BCUT2D eigenvalue weighted by Crippen LogP contribution is 2.20. The number of nitrogens with zero attached hydrogens (tertiary/aromatic N) is 2. The highest BCUT2D eigenvalue weighted by molar-refractivity contribution is 5.40. The monoisotopic (exact) mass is 233 g/mol. The fourth-order valence-corrected chi connectivity index (χ4v) is 2.36. The van der Waals surface area contributed by atoms with E-state index in [0.29, 0.717) is 12.0 Å². The number of hydrogen-bond acceptors (Lipinski definition) is 3. The zero-order valence-corrected chi connectivity index (χ0v) is 11.1. The lowest BCUT2D eigenvalue weighted by Crippen LogP contribution is -2.44. The van der Waals surface area contributed by atoms with Crippen LogP contribution in [0.1, 0.15) is 38.3 Å². The van der Waals surface area contributed by atoms with Crippen molar-refractivity contribution in [2.75, 3.05) is 25.0 Å². The zero-order chi connectivity index (χ0) is 12.3. The Morgan fingerprint density at radius 2 is 2.24 bits per heavy atom. The summed E-state index contributed by atoms with van der Waals surface area (Å²) in [6, 6.07) is 6.98. The Labute approximate surface area is 104 Å². The Morgan fingerprint density at radius 3 is 2.94 bits per heavy atom. The molecule has 94 valence electrons. The van der Waals surface area contributed by atoms with Crippen LogP contribution in [-0.2, 0) is 0 Å². The molecule has 3 heteroatoms. The quantitative estimate of drug-likeness (QED) is 0.869. The van der Waals surface area contributed by atoms with Crippen molar-refractivity contribution < 1.29 is 0 Å². The Balaban J connectivity index is 2.13. The van der Waals surface area contributed by atoms with Crippen LogP contribution in [0.25, 0.3) is 0 Å². The minimum atomic E-state index is 0.500. The minimum absolute atomic E-state index is 0.500. The molecule has 2 rings (SSSR count). The molecule has 1 atom stereocenters. The Bertz CT molecular complexity index is 362. The van der Waals surface area contributed by atoms with E-state index in [1.165, 1.54) is 18.5 Å². The fraction of sp³-hybridized carbons (Fsp3) is 0.643. The molecule has 0 aromatic carbocycles. The van der Waals surface area contributed by atoms with Gasteiger partial charge in [-0.3, -0.25) is 0 Å². The van der Waals surface area contributed by atoms with E-state index in [1.54, 1.807) is 0 Å². The normalized spacial score (nSPS) is 20.9. The van der Waals surface area contributed by atoms with E-state index in [-0.39, 0.29) is 0 Å². The summed E-state index contributed by atoms with van der Waals surface area (Å²) in [5.41, 5.74) is 1.19. The molecule has 0 unspecified atom stereocenters. The second-order valence-corrected chi connectivity index (χ2v) is 5.15. The Hall–Kier alpha value is -1.09. The van der Waals surface area contributed by atoms with E-state index in [0.717, 1.165) is 18.9 Å². The van der Waals surface area contributed by atoms with Gasteiger partial charge in [0.1, 0.15) is 5.82 Å². The lowest BCUT2D eigenvalue weighted by Gasteiger charge is -2.33. The van der Waals surface area contributed by atoms with Gasteiger partial charge in [-0.25, -0.2) is 4.98 Å². The summed E-state index contributed by atoms with van der Waals surface area (Å²) < 4.78 is 0. The van der Waals surface area contributed by atoms with Crippen LogP contribution < -0.4 is 10.2 Å². The van der Waals surface area contributed by atoms with Crippen molar-refractivity contribution in [3.8, 4) is 0 Å². The predicted molar refractivity (Wildman–Crippen MR) is 72.6 cm³/mol. The molecule has 1 N–H and O–H groups in total. The maximum absolute atomic E-state index is 4.76. The Kier molecular flexibility index (Phi) is 4.00. The number of rotatable bonds is 3. The number of hydrogen-bond donors (Lipinski definition) is 1. The maximum Gasteiger partial charge on any atom is 0.128 e. The van der Waals surface area contributed by atoms with Gasteiger partial charge in [-0.05, 0) is 37.9 Å². The molecule has 17 heavy (non-hydrogen) atoms. The van der Waals surface area contributed by atoms with E-state index >= 15 is 0 Å². The van der Waals surface area contributed by atoms with Gasteiger partial charge in [-0.1, -0.05) is 19.9 Å². The largest absolute Gasteiger partial charge is 0.355 e. The first-order chi connectivity index (χ1) is 8.20. The average Bonchev–Trinajstić information content (AvgIpc) is 2.39. The van der Waals surface area contributed by atoms with Crippen LogP contribution in [0.2, 0.25) is 0 Å². The first-order valence-electron chi connectivity index (χ1n) is 6.60. The van der Waals surface area contributed by atoms with Gasteiger partial charge in [-0.15, -0.1) is 0 Å². The van der Waals surface area contributed by atoms with Gasteiger partial charge in [0.05, 0.1) is 0 Å². The van der Waals surface area contributed by atoms with Crippen LogP contribution in [0.5, 0.6) is 0 Å². The number of nitrogens with one attached hydrogen (secondary N) is 1. The SMILES string of the molecule is CN[C@@H]1CCCN(c2cccc(C(C)C)n2)C1. The molecule has 2 heterocycles. The van der Waals surface area contributed by atoms with Crippen molar-refractivity contribution in [3.05, 3.63) is 23.9 Å². The lowest BCUT2D eigenvalue weighted by atomic mass is 10.1. The minimum Gasteiger partial charge on any atom is -0.355 e. The van der Waals surface area contributed by atoms with Crippen LogP contribution in [0.4, 0.5) is 5.82 Å². The third-order valence-corrected chi connectivity index (χ3v) is 3.50. The van der Waals surface area contributed by atoms with E-state index < -0.39 is 0 Å². The molecule has 1 aromatic heterocycles. The van der Waals surface area contributed by atoms with E-state index in [2.05, 4.69) is 42.3 Å². The molecule has 3 nitrogen and oxygen atoms in total. The third-order valence-electron chi connectivity index (χ3n) is 3.50. The van der Waals surface area contributed by atoms with E-state index in [4.69, 9.17) is 4.98 Å². The standard InChI is InChI=1S/C14H23N3/c1-11(2)13-7-4-8-14(16-13)17-9-5-6-12(10-17)15-3/h4,7-8,11-12,15H,5-6,9-10H2,1-3H3/t12-/m1/s1. The van der Waals surface area contributed by atoms with Crippen molar-refractivity contribution in [3.63, 3.8) is 0 Å². The summed E-state index contributed by atoms with van der Waals surface area (Å²) in [5, 5.41) is 3.37. The van der Waals surface area contributed by atoms with Gasteiger partial charge in [0.15, 0.2) is 0 Å². The third kappa shape index (κ3) is 2.97. The Morgan fingerprint density at radius 1 is 1.41 bits per heavy atom. The summed E-state index contributed by atoms with van der Waals surface area (Å²) in [5.74, 6) is 1.64. The van der Waals surface area contributed by atoms with Crippen molar-refractivity contribution in [1.29, 1.82) is 0 Å². The van der Waals surface area contributed by atoms with Gasteiger partial charge in [0.2, 0.25) is 0 Å². The number of pyridine rings is 1. The van der Waals surface area contributed by atoms with Gasteiger partial charge >= 0.3 is 0 Å². The first kappa shape index (κ1) is 12.4. The molecule has 1 fully saturated rings. The maximum atomic E-state index is 4.76.